The number of carbonyl (C=O) groups excluding carboxylic acids is 1. The average molecular weight is 458 g/mol. The molecule has 9 heteroatoms. The summed E-state index contributed by atoms with van der Waals surface area (Å²) < 4.78 is 37.8. The monoisotopic (exact) mass is 457 g/mol. The van der Waals surface area contributed by atoms with E-state index in [0.717, 1.165) is 0 Å². The molecular formula is C20H21Cl2NO5S. The van der Waals surface area contributed by atoms with Crippen LogP contribution in [0.1, 0.15) is 19.8 Å². The van der Waals surface area contributed by atoms with Crippen molar-refractivity contribution in [1.29, 1.82) is 0 Å². The summed E-state index contributed by atoms with van der Waals surface area (Å²) in [6.45, 7) is 2.85. The lowest BCUT2D eigenvalue weighted by molar-refractivity contribution is -0.140. The summed E-state index contributed by atoms with van der Waals surface area (Å²) in [5.74, 6) is 0.0418. The molecule has 0 amide bonds. The largest absolute Gasteiger partial charge is 0.494 e. The Kier molecular flexibility index (Phi) is 7.05. The van der Waals surface area contributed by atoms with Gasteiger partial charge in [0.1, 0.15) is 11.5 Å². The number of piperidine rings is 1. The SMILES string of the molecule is CCOc1ccc(S(=O)(=O)N2CCC(C(=O)Oc3ccc(Cl)cc3Cl)CC2)cc1. The summed E-state index contributed by atoms with van der Waals surface area (Å²) in [6, 6.07) is 11.0. The van der Waals surface area contributed by atoms with Crippen molar-refractivity contribution < 1.29 is 22.7 Å². The van der Waals surface area contributed by atoms with Gasteiger partial charge in [-0.1, -0.05) is 23.2 Å². The maximum atomic E-state index is 12.8. The van der Waals surface area contributed by atoms with Crippen LogP contribution in [0.5, 0.6) is 11.5 Å². The number of sulfonamides is 1. The van der Waals surface area contributed by atoms with Crippen LogP contribution >= 0.6 is 23.2 Å². The van der Waals surface area contributed by atoms with Crippen LogP contribution in [0.2, 0.25) is 10.0 Å². The van der Waals surface area contributed by atoms with Gasteiger partial charge in [-0.15, -0.1) is 0 Å². The zero-order valence-electron chi connectivity index (χ0n) is 15.8. The number of nitrogens with zero attached hydrogens (tertiary/aromatic N) is 1. The van der Waals surface area contributed by atoms with Crippen LogP contribution in [0.25, 0.3) is 0 Å². The maximum absolute atomic E-state index is 12.8. The summed E-state index contributed by atoms with van der Waals surface area (Å²) in [5, 5.41) is 0.698. The van der Waals surface area contributed by atoms with Gasteiger partial charge in [-0.3, -0.25) is 4.79 Å². The third-order valence-corrected chi connectivity index (χ3v) is 7.11. The van der Waals surface area contributed by atoms with Gasteiger partial charge in [0, 0.05) is 18.1 Å². The van der Waals surface area contributed by atoms with Crippen LogP contribution in [0, 0.1) is 5.92 Å². The molecule has 3 rings (SSSR count). The molecule has 0 bridgehead atoms. The van der Waals surface area contributed by atoms with E-state index in [4.69, 9.17) is 32.7 Å². The van der Waals surface area contributed by atoms with E-state index < -0.39 is 21.9 Å². The Labute approximate surface area is 180 Å². The standard InChI is InChI=1S/C20H21Cl2NO5S/c1-2-27-16-4-6-17(7-5-16)29(25,26)23-11-9-14(10-12-23)20(24)28-19-8-3-15(21)13-18(19)22/h3-8,13-14H,2,9-12H2,1H3. The molecule has 1 aliphatic rings. The fourth-order valence-corrected chi connectivity index (χ4v) is 5.02. The molecule has 1 heterocycles. The normalized spacial score (nSPS) is 15.8. The second-order valence-electron chi connectivity index (χ2n) is 6.58. The Morgan fingerprint density at radius 2 is 1.76 bits per heavy atom. The first-order valence-electron chi connectivity index (χ1n) is 9.21. The van der Waals surface area contributed by atoms with Gasteiger partial charge in [0.25, 0.3) is 0 Å². The third kappa shape index (κ3) is 5.22. The number of rotatable bonds is 6. The van der Waals surface area contributed by atoms with E-state index >= 15 is 0 Å². The molecule has 2 aromatic rings. The summed E-state index contributed by atoms with van der Waals surface area (Å²) in [6.07, 6.45) is 0.751. The number of ether oxygens (including phenoxy) is 2. The minimum atomic E-state index is -3.62. The minimum absolute atomic E-state index is 0.204. The second kappa shape index (κ2) is 9.34. The lowest BCUT2D eigenvalue weighted by atomic mass is 9.98. The zero-order chi connectivity index (χ0) is 21.0. The molecule has 1 fully saturated rings. The average Bonchev–Trinajstić information content (AvgIpc) is 2.71. The van der Waals surface area contributed by atoms with Gasteiger partial charge in [-0.2, -0.15) is 4.31 Å². The number of benzene rings is 2. The first-order chi connectivity index (χ1) is 13.8. The van der Waals surface area contributed by atoms with Crippen LogP contribution in [0.4, 0.5) is 0 Å². The molecule has 0 spiro atoms. The highest BCUT2D eigenvalue weighted by atomic mass is 35.5. The maximum Gasteiger partial charge on any atom is 0.314 e. The predicted octanol–water partition coefficient (Wildman–Crippen LogP) is 4.40. The molecule has 1 aliphatic heterocycles. The van der Waals surface area contributed by atoms with Crippen molar-refractivity contribution in [1.82, 2.24) is 4.31 Å². The van der Waals surface area contributed by atoms with Crippen molar-refractivity contribution in [2.75, 3.05) is 19.7 Å². The van der Waals surface area contributed by atoms with Crippen molar-refractivity contribution in [3.63, 3.8) is 0 Å². The van der Waals surface area contributed by atoms with Crippen LogP contribution in [-0.2, 0) is 14.8 Å². The lowest BCUT2D eigenvalue weighted by Gasteiger charge is -2.30. The number of esters is 1. The first kappa shape index (κ1) is 21.9. The number of hydrogen-bond acceptors (Lipinski definition) is 5. The summed E-state index contributed by atoms with van der Waals surface area (Å²) in [7, 11) is -3.62. The number of hydrogen-bond donors (Lipinski definition) is 0. The highest BCUT2D eigenvalue weighted by molar-refractivity contribution is 7.89. The van der Waals surface area contributed by atoms with Gasteiger partial charge in [-0.05, 0) is 62.2 Å². The van der Waals surface area contributed by atoms with E-state index in [1.807, 2.05) is 6.92 Å². The van der Waals surface area contributed by atoms with Crippen molar-refractivity contribution in [2.45, 2.75) is 24.7 Å². The van der Waals surface area contributed by atoms with Gasteiger partial charge in [0.15, 0.2) is 0 Å². The molecule has 1 saturated heterocycles. The second-order valence-corrected chi connectivity index (χ2v) is 9.36. The molecule has 0 atom stereocenters. The molecule has 6 nitrogen and oxygen atoms in total. The van der Waals surface area contributed by atoms with Crippen molar-refractivity contribution in [3.05, 3.63) is 52.5 Å². The van der Waals surface area contributed by atoms with Crippen LogP contribution in [0.15, 0.2) is 47.4 Å². The van der Waals surface area contributed by atoms with E-state index in [2.05, 4.69) is 0 Å². The van der Waals surface area contributed by atoms with Crippen molar-refractivity contribution in [2.24, 2.45) is 5.92 Å². The van der Waals surface area contributed by atoms with Crippen LogP contribution in [0.3, 0.4) is 0 Å². The van der Waals surface area contributed by atoms with E-state index in [1.54, 1.807) is 18.2 Å². The Morgan fingerprint density at radius 1 is 1.10 bits per heavy atom. The van der Waals surface area contributed by atoms with Gasteiger partial charge in [0.2, 0.25) is 10.0 Å². The van der Waals surface area contributed by atoms with Crippen LogP contribution < -0.4 is 9.47 Å². The van der Waals surface area contributed by atoms with E-state index in [0.29, 0.717) is 30.2 Å². The molecule has 2 aromatic carbocycles. The summed E-state index contributed by atoms with van der Waals surface area (Å²) in [5.41, 5.74) is 0. The minimum Gasteiger partial charge on any atom is -0.494 e. The zero-order valence-corrected chi connectivity index (χ0v) is 18.1. The molecule has 0 aromatic heterocycles. The number of halogens is 2. The molecule has 0 aliphatic carbocycles. The molecule has 0 unspecified atom stereocenters. The third-order valence-electron chi connectivity index (χ3n) is 4.66. The predicted molar refractivity (Wildman–Crippen MR) is 111 cm³/mol. The molecule has 29 heavy (non-hydrogen) atoms. The van der Waals surface area contributed by atoms with Gasteiger partial charge >= 0.3 is 5.97 Å². The van der Waals surface area contributed by atoms with E-state index in [-0.39, 0.29) is 28.8 Å². The molecule has 0 radical (unpaired) electrons. The van der Waals surface area contributed by atoms with Gasteiger partial charge < -0.3 is 9.47 Å². The Hall–Kier alpha value is -1.80. The molecular weight excluding hydrogens is 437 g/mol. The summed E-state index contributed by atoms with van der Waals surface area (Å²) in [4.78, 5) is 12.6. The van der Waals surface area contributed by atoms with E-state index in [1.165, 1.54) is 28.6 Å². The molecule has 156 valence electrons. The highest BCUT2D eigenvalue weighted by Crippen LogP contribution is 2.30. The Bertz CT molecular complexity index is 971. The van der Waals surface area contributed by atoms with Gasteiger partial charge in [-0.25, -0.2) is 8.42 Å². The Balaban J connectivity index is 1.61. The van der Waals surface area contributed by atoms with E-state index in [9.17, 15) is 13.2 Å². The lowest BCUT2D eigenvalue weighted by Crippen LogP contribution is -2.41. The van der Waals surface area contributed by atoms with Gasteiger partial charge in [0.05, 0.1) is 22.4 Å². The first-order valence-corrected chi connectivity index (χ1v) is 11.4. The smallest absolute Gasteiger partial charge is 0.314 e. The molecule has 0 N–H and O–H groups in total. The fraction of sp³-hybridized carbons (Fsp3) is 0.350. The fourth-order valence-electron chi connectivity index (χ4n) is 3.11. The highest BCUT2D eigenvalue weighted by Gasteiger charge is 2.33. The van der Waals surface area contributed by atoms with Crippen LogP contribution in [-0.4, -0.2) is 38.4 Å². The Morgan fingerprint density at radius 3 is 2.34 bits per heavy atom. The van der Waals surface area contributed by atoms with Crippen molar-refractivity contribution in [3.8, 4) is 11.5 Å². The quantitative estimate of drug-likeness (QED) is 0.474. The van der Waals surface area contributed by atoms with Crippen molar-refractivity contribution >= 4 is 39.2 Å². The number of carbonyl (C=O) groups is 1. The topological polar surface area (TPSA) is 72.9 Å². The molecule has 0 saturated carbocycles. The summed E-state index contributed by atoms with van der Waals surface area (Å²) >= 11 is 11.9.